The maximum absolute atomic E-state index is 12.9. The van der Waals surface area contributed by atoms with Crippen molar-refractivity contribution < 1.29 is 13.5 Å². The Kier molecular flexibility index (Phi) is 6.21. The lowest BCUT2D eigenvalue weighted by molar-refractivity contribution is 0.0442. The van der Waals surface area contributed by atoms with E-state index in [4.69, 9.17) is 23.2 Å². The van der Waals surface area contributed by atoms with Gasteiger partial charge in [-0.1, -0.05) is 23.2 Å². The van der Waals surface area contributed by atoms with E-state index in [0.717, 1.165) is 6.54 Å². The van der Waals surface area contributed by atoms with Crippen molar-refractivity contribution in [1.82, 2.24) is 9.21 Å². The first kappa shape index (κ1) is 19.9. The number of sulfonamides is 1. The standard InChI is InChI=1S/C16H24Cl2N2O3S/c1-12-8-13(17)14(18)9-15(12)24(22,23)20-6-4-16(11-21,5-7-20)10-19(2)3/h8-9,21H,4-7,10-11H2,1-3H3. The van der Waals surface area contributed by atoms with E-state index in [-0.39, 0.29) is 21.9 Å². The first-order valence-corrected chi connectivity index (χ1v) is 10.0. The monoisotopic (exact) mass is 394 g/mol. The highest BCUT2D eigenvalue weighted by Crippen LogP contribution is 2.35. The van der Waals surface area contributed by atoms with E-state index in [9.17, 15) is 13.5 Å². The van der Waals surface area contributed by atoms with Crippen LogP contribution in [-0.2, 0) is 10.0 Å². The average molecular weight is 395 g/mol. The Hall–Kier alpha value is -0.370. The van der Waals surface area contributed by atoms with E-state index >= 15 is 0 Å². The Balaban J connectivity index is 2.23. The molecule has 136 valence electrons. The SMILES string of the molecule is Cc1cc(Cl)c(Cl)cc1S(=O)(=O)N1CCC(CO)(CN(C)C)CC1. The van der Waals surface area contributed by atoms with Crippen LogP contribution in [0.4, 0.5) is 0 Å². The van der Waals surface area contributed by atoms with E-state index in [1.54, 1.807) is 13.0 Å². The first-order chi connectivity index (χ1) is 11.1. The Morgan fingerprint density at radius 2 is 1.75 bits per heavy atom. The van der Waals surface area contributed by atoms with Gasteiger partial charge in [-0.05, 0) is 51.6 Å². The smallest absolute Gasteiger partial charge is 0.243 e. The average Bonchev–Trinajstić information content (AvgIpc) is 2.50. The predicted molar refractivity (Wildman–Crippen MR) is 97.3 cm³/mol. The third-order valence-electron chi connectivity index (χ3n) is 4.61. The molecule has 0 amide bonds. The van der Waals surface area contributed by atoms with Gasteiger partial charge in [0.2, 0.25) is 10.0 Å². The number of aliphatic hydroxyl groups excluding tert-OH is 1. The minimum atomic E-state index is -3.62. The van der Waals surface area contributed by atoms with Crippen LogP contribution in [0.15, 0.2) is 17.0 Å². The lowest BCUT2D eigenvalue weighted by Gasteiger charge is -2.41. The van der Waals surface area contributed by atoms with Crippen LogP contribution in [0, 0.1) is 12.3 Å². The number of hydrogen-bond acceptors (Lipinski definition) is 4. The second kappa shape index (κ2) is 7.48. The molecule has 1 fully saturated rings. The third kappa shape index (κ3) is 4.06. The van der Waals surface area contributed by atoms with Gasteiger partial charge in [0.1, 0.15) is 0 Å². The van der Waals surface area contributed by atoms with Crippen molar-refractivity contribution in [1.29, 1.82) is 0 Å². The number of rotatable bonds is 5. The Bertz CT molecular complexity index is 700. The molecule has 1 aromatic carbocycles. The molecule has 1 aliphatic rings. The number of benzene rings is 1. The van der Waals surface area contributed by atoms with Gasteiger partial charge in [-0.25, -0.2) is 8.42 Å². The van der Waals surface area contributed by atoms with Crippen LogP contribution >= 0.6 is 23.2 Å². The van der Waals surface area contributed by atoms with Gasteiger partial charge in [0.15, 0.2) is 0 Å². The largest absolute Gasteiger partial charge is 0.396 e. The Morgan fingerprint density at radius 1 is 1.21 bits per heavy atom. The predicted octanol–water partition coefficient (Wildman–Crippen LogP) is 2.63. The van der Waals surface area contributed by atoms with Crippen molar-refractivity contribution in [3.63, 3.8) is 0 Å². The Labute approximate surface area is 154 Å². The molecule has 0 aromatic heterocycles. The molecule has 0 spiro atoms. The van der Waals surface area contributed by atoms with Crippen LogP contribution in [0.25, 0.3) is 0 Å². The zero-order chi connectivity index (χ0) is 18.1. The van der Waals surface area contributed by atoms with Crippen molar-refractivity contribution >= 4 is 33.2 Å². The molecule has 1 N–H and O–H groups in total. The minimum absolute atomic E-state index is 0.0604. The fourth-order valence-corrected chi connectivity index (χ4v) is 5.40. The highest BCUT2D eigenvalue weighted by Gasteiger charge is 2.39. The number of halogens is 2. The number of hydrogen-bond donors (Lipinski definition) is 1. The van der Waals surface area contributed by atoms with Crippen LogP contribution in [0.3, 0.4) is 0 Å². The van der Waals surface area contributed by atoms with E-state index in [0.29, 0.717) is 36.5 Å². The summed E-state index contributed by atoms with van der Waals surface area (Å²) in [5.74, 6) is 0. The fraction of sp³-hybridized carbons (Fsp3) is 0.625. The molecule has 24 heavy (non-hydrogen) atoms. The molecule has 0 aliphatic carbocycles. The molecule has 0 unspecified atom stereocenters. The third-order valence-corrected chi connectivity index (χ3v) is 7.37. The number of nitrogens with zero attached hydrogens (tertiary/aromatic N) is 2. The van der Waals surface area contributed by atoms with Crippen molar-refractivity contribution in [3.8, 4) is 0 Å². The number of aliphatic hydroxyl groups is 1. The van der Waals surface area contributed by atoms with Crippen molar-refractivity contribution in [3.05, 3.63) is 27.7 Å². The zero-order valence-corrected chi connectivity index (χ0v) is 16.5. The molecule has 0 radical (unpaired) electrons. The first-order valence-electron chi connectivity index (χ1n) is 7.83. The zero-order valence-electron chi connectivity index (χ0n) is 14.2. The molecule has 8 heteroatoms. The summed E-state index contributed by atoms with van der Waals surface area (Å²) in [4.78, 5) is 2.23. The molecular weight excluding hydrogens is 371 g/mol. The summed E-state index contributed by atoms with van der Waals surface area (Å²) in [6.07, 6.45) is 1.25. The number of aryl methyl sites for hydroxylation is 1. The van der Waals surface area contributed by atoms with Crippen molar-refractivity contribution in [2.24, 2.45) is 5.41 Å². The van der Waals surface area contributed by atoms with Crippen LogP contribution in [-0.4, -0.2) is 63.1 Å². The van der Waals surface area contributed by atoms with E-state index in [1.807, 2.05) is 19.0 Å². The summed E-state index contributed by atoms with van der Waals surface area (Å²) in [6, 6.07) is 2.99. The molecule has 0 saturated carbocycles. The van der Waals surface area contributed by atoms with Gasteiger partial charge < -0.3 is 10.0 Å². The maximum atomic E-state index is 12.9. The van der Waals surface area contributed by atoms with Crippen LogP contribution < -0.4 is 0 Å². The Morgan fingerprint density at radius 3 is 2.25 bits per heavy atom. The molecule has 5 nitrogen and oxygen atoms in total. The van der Waals surface area contributed by atoms with Crippen molar-refractivity contribution in [2.75, 3.05) is 40.3 Å². The molecule has 0 atom stereocenters. The summed E-state index contributed by atoms with van der Waals surface area (Å²) >= 11 is 12.0. The summed E-state index contributed by atoms with van der Waals surface area (Å²) in [5.41, 5.74) is 0.332. The lowest BCUT2D eigenvalue weighted by atomic mass is 9.79. The minimum Gasteiger partial charge on any atom is -0.396 e. The molecule has 1 aromatic rings. The van der Waals surface area contributed by atoms with Gasteiger partial charge in [0.25, 0.3) is 0 Å². The molecule has 0 bridgehead atoms. The molecule has 1 saturated heterocycles. The van der Waals surface area contributed by atoms with E-state index in [1.165, 1.54) is 10.4 Å². The number of piperidine rings is 1. The fourth-order valence-electron chi connectivity index (χ4n) is 3.28. The molecule has 2 rings (SSSR count). The van der Waals surface area contributed by atoms with Crippen LogP contribution in [0.2, 0.25) is 10.0 Å². The highest BCUT2D eigenvalue weighted by atomic mass is 35.5. The lowest BCUT2D eigenvalue weighted by Crippen LogP contribution is -2.48. The summed E-state index contributed by atoms with van der Waals surface area (Å²) in [7, 11) is 0.292. The van der Waals surface area contributed by atoms with Gasteiger partial charge in [0.05, 0.1) is 21.5 Å². The highest BCUT2D eigenvalue weighted by molar-refractivity contribution is 7.89. The molecular formula is C16H24Cl2N2O3S. The summed E-state index contributed by atoms with van der Waals surface area (Å²) in [6.45, 7) is 3.28. The van der Waals surface area contributed by atoms with Gasteiger partial charge in [-0.15, -0.1) is 0 Å². The topological polar surface area (TPSA) is 60.9 Å². The van der Waals surface area contributed by atoms with Crippen molar-refractivity contribution in [2.45, 2.75) is 24.7 Å². The normalized spacial score (nSPS) is 19.0. The van der Waals surface area contributed by atoms with Crippen LogP contribution in [0.1, 0.15) is 18.4 Å². The second-order valence-corrected chi connectivity index (χ2v) is 9.55. The van der Waals surface area contributed by atoms with Gasteiger partial charge in [-0.2, -0.15) is 4.31 Å². The van der Waals surface area contributed by atoms with E-state index in [2.05, 4.69) is 0 Å². The van der Waals surface area contributed by atoms with E-state index < -0.39 is 10.0 Å². The maximum Gasteiger partial charge on any atom is 0.243 e. The molecule has 1 aliphatic heterocycles. The second-order valence-electron chi connectivity index (χ2n) is 6.83. The van der Waals surface area contributed by atoms with Gasteiger partial charge >= 0.3 is 0 Å². The van der Waals surface area contributed by atoms with Gasteiger partial charge in [0, 0.05) is 25.0 Å². The quantitative estimate of drug-likeness (QED) is 0.833. The summed E-state index contributed by atoms with van der Waals surface area (Å²) < 4.78 is 27.4. The summed E-state index contributed by atoms with van der Waals surface area (Å²) in [5, 5.41) is 10.4. The van der Waals surface area contributed by atoms with Crippen LogP contribution in [0.5, 0.6) is 0 Å². The molecule has 1 heterocycles. The van der Waals surface area contributed by atoms with Gasteiger partial charge in [-0.3, -0.25) is 0 Å².